The van der Waals surface area contributed by atoms with E-state index in [0.717, 1.165) is 50.1 Å². The van der Waals surface area contributed by atoms with Gasteiger partial charge in [-0.1, -0.05) is 37.1 Å². The molecular weight excluding hydrogens is 504 g/mol. The fraction of sp³-hybridized carbons (Fsp3) is 0.462. The van der Waals surface area contributed by atoms with Crippen molar-refractivity contribution < 1.29 is 30.3 Å². The topological polar surface area (TPSA) is 102 Å². The van der Waals surface area contributed by atoms with Crippen molar-refractivity contribution in [1.82, 2.24) is 10.6 Å². The molecule has 0 bridgehead atoms. The maximum Gasteiger partial charge on any atom is 0.224 e. The molecule has 0 radical (unpaired) electrons. The summed E-state index contributed by atoms with van der Waals surface area (Å²) in [6.45, 7) is 3.92. The number of carbonyl (C=O) groups excluding carboxylic acids is 1. The summed E-state index contributed by atoms with van der Waals surface area (Å²) < 4.78 is 26.3. The molecule has 0 aromatic heterocycles. The monoisotopic (exact) mass is 536 g/mol. The molecule has 1 aliphatic carbocycles. The number of piperazine rings is 1. The first-order chi connectivity index (χ1) is 16.5. The molecule has 1 aliphatic heterocycles. The number of nitrogens with zero attached hydrogens (tertiary/aromatic N) is 2. The van der Waals surface area contributed by atoms with Gasteiger partial charge < -0.3 is 15.5 Å². The van der Waals surface area contributed by atoms with Crippen molar-refractivity contribution >= 4 is 21.4 Å². The second-order valence-electron chi connectivity index (χ2n) is 9.12. The van der Waals surface area contributed by atoms with Gasteiger partial charge in [0.05, 0.1) is 16.7 Å². The quantitative estimate of drug-likeness (QED) is 0.417. The van der Waals surface area contributed by atoms with Crippen molar-refractivity contribution in [1.29, 1.82) is 5.26 Å². The number of benzene rings is 2. The first-order valence-corrected chi connectivity index (χ1v) is 13.7. The van der Waals surface area contributed by atoms with Gasteiger partial charge in [0.15, 0.2) is 9.84 Å². The van der Waals surface area contributed by atoms with Crippen molar-refractivity contribution in [3.8, 4) is 17.2 Å². The van der Waals surface area contributed by atoms with Crippen LogP contribution in [0.4, 0.5) is 5.69 Å². The van der Waals surface area contributed by atoms with Crippen molar-refractivity contribution in [3.63, 3.8) is 0 Å². The maximum atomic E-state index is 13.2. The van der Waals surface area contributed by atoms with E-state index in [-0.39, 0.29) is 52.0 Å². The third kappa shape index (κ3) is 6.86. The molecule has 1 saturated heterocycles. The molecule has 2 aliphatic rings. The Morgan fingerprint density at radius 2 is 1.60 bits per heavy atom. The van der Waals surface area contributed by atoms with Crippen molar-refractivity contribution in [2.75, 3.05) is 43.4 Å². The molecule has 2 aromatic rings. The Morgan fingerprint density at radius 1 is 1.00 bits per heavy atom. The summed E-state index contributed by atoms with van der Waals surface area (Å²) >= 11 is 0. The number of amides is 1. The molecule has 1 saturated carbocycles. The molecule has 2 aromatic carbocycles. The molecule has 9 heteroatoms. The molecule has 4 rings (SSSR count). The summed E-state index contributed by atoms with van der Waals surface area (Å²) in [5.41, 5.74) is 3.21. The van der Waals surface area contributed by atoms with Crippen molar-refractivity contribution in [3.05, 3.63) is 48.5 Å². The summed E-state index contributed by atoms with van der Waals surface area (Å²) in [5, 5.41) is 14.7. The zero-order valence-electron chi connectivity index (χ0n) is 19.7. The zero-order chi connectivity index (χ0) is 24.0. The number of hydrogen-bond donors (Lipinski definition) is 2. The smallest absolute Gasteiger partial charge is 0.224 e. The van der Waals surface area contributed by atoms with Crippen LogP contribution in [0.3, 0.4) is 0 Å². The fourth-order valence-electron chi connectivity index (χ4n) is 5.03. The number of hydrogen-bond acceptors (Lipinski definition) is 6. The Bertz CT molecular complexity index is 1120. The summed E-state index contributed by atoms with van der Waals surface area (Å²) in [6.07, 6.45) is 3.20. The van der Waals surface area contributed by atoms with Gasteiger partial charge in [0.1, 0.15) is 6.54 Å². The van der Waals surface area contributed by atoms with E-state index in [9.17, 15) is 13.2 Å². The van der Waals surface area contributed by atoms with E-state index in [2.05, 4.69) is 39.8 Å². The normalized spacial score (nSPS) is 20.4. The van der Waals surface area contributed by atoms with Crippen LogP contribution >= 0.6 is 0 Å². The third-order valence-electron chi connectivity index (χ3n) is 6.92. The number of anilines is 1. The SMILES string of the molecule is N#CCNC(=O)C1CCCCC1CS(=O)(=O)c1ccc(-c2ccc(N3CCNCC3)cc2)cc1.[Fe]. The molecule has 2 N–H and O–H groups in total. The van der Waals surface area contributed by atoms with Gasteiger partial charge in [-0.05, 0) is 54.2 Å². The summed E-state index contributed by atoms with van der Waals surface area (Å²) in [4.78, 5) is 15.1. The van der Waals surface area contributed by atoms with Crippen LogP contribution in [0, 0.1) is 23.2 Å². The van der Waals surface area contributed by atoms with E-state index < -0.39 is 9.84 Å². The minimum absolute atomic E-state index is 0. The second-order valence-corrected chi connectivity index (χ2v) is 11.2. The number of nitrogens with one attached hydrogen (secondary N) is 2. The van der Waals surface area contributed by atoms with E-state index in [0.29, 0.717) is 12.8 Å². The Hall–Kier alpha value is -2.37. The van der Waals surface area contributed by atoms with Crippen molar-refractivity contribution in [2.24, 2.45) is 11.8 Å². The molecule has 2 unspecified atom stereocenters. The fourth-order valence-corrected chi connectivity index (χ4v) is 6.74. The Morgan fingerprint density at radius 3 is 2.23 bits per heavy atom. The van der Waals surface area contributed by atoms with E-state index in [4.69, 9.17) is 5.26 Å². The standard InChI is InChI=1S/C26H32N4O3S.Fe/c27-13-14-29-26(31)25-4-2-1-3-22(25)19-34(32,33)24-11-7-21(8-12-24)20-5-9-23(10-6-20)30-17-15-28-16-18-30;/h5-12,22,25,28H,1-4,14-19H2,(H,29,31);. The van der Waals surface area contributed by atoms with Crippen LogP contribution in [-0.2, 0) is 31.7 Å². The molecule has 2 fully saturated rings. The molecule has 35 heavy (non-hydrogen) atoms. The first-order valence-electron chi connectivity index (χ1n) is 12.0. The molecule has 1 amide bonds. The summed E-state index contributed by atoms with van der Waals surface area (Å²) in [5.74, 6) is -0.836. The molecule has 1 heterocycles. The molecular formula is C26H32FeN4O3S. The van der Waals surface area contributed by atoms with Gasteiger partial charge in [0.25, 0.3) is 0 Å². The Labute approximate surface area is 218 Å². The zero-order valence-corrected chi connectivity index (χ0v) is 21.6. The van der Waals surface area contributed by atoms with Gasteiger partial charge in [0.2, 0.25) is 5.91 Å². The van der Waals surface area contributed by atoms with Crippen LogP contribution in [-0.4, -0.2) is 52.8 Å². The predicted molar refractivity (Wildman–Crippen MR) is 133 cm³/mol. The number of rotatable bonds is 7. The minimum Gasteiger partial charge on any atom is -0.369 e. The van der Waals surface area contributed by atoms with E-state index in [1.807, 2.05) is 18.2 Å². The van der Waals surface area contributed by atoms with Crippen LogP contribution < -0.4 is 15.5 Å². The second kappa shape index (κ2) is 12.5. The molecule has 188 valence electrons. The Balaban J connectivity index is 0.00000342. The average molecular weight is 536 g/mol. The average Bonchev–Trinajstić information content (AvgIpc) is 2.88. The summed E-state index contributed by atoms with van der Waals surface area (Å²) in [6, 6.07) is 17.3. The Kier molecular flexibility index (Phi) is 9.76. The maximum absolute atomic E-state index is 13.2. The molecule has 2 atom stereocenters. The van der Waals surface area contributed by atoms with Gasteiger partial charge in [-0.3, -0.25) is 4.79 Å². The van der Waals surface area contributed by atoms with Crippen LogP contribution in [0.1, 0.15) is 25.7 Å². The van der Waals surface area contributed by atoms with Crippen molar-refractivity contribution in [2.45, 2.75) is 30.6 Å². The van der Waals surface area contributed by atoms with E-state index in [1.54, 1.807) is 12.1 Å². The number of carbonyl (C=O) groups is 1. The number of nitriles is 1. The van der Waals surface area contributed by atoms with Gasteiger partial charge >= 0.3 is 0 Å². The third-order valence-corrected chi connectivity index (χ3v) is 8.77. The van der Waals surface area contributed by atoms with Crippen LogP contribution in [0.5, 0.6) is 0 Å². The number of sulfone groups is 1. The van der Waals surface area contributed by atoms with E-state index in [1.165, 1.54) is 5.69 Å². The molecule has 0 spiro atoms. The van der Waals surface area contributed by atoms with Crippen LogP contribution in [0.15, 0.2) is 53.4 Å². The van der Waals surface area contributed by atoms with Crippen LogP contribution in [0.25, 0.3) is 11.1 Å². The van der Waals surface area contributed by atoms with E-state index >= 15 is 0 Å². The van der Waals surface area contributed by atoms with Gasteiger partial charge in [-0.2, -0.15) is 5.26 Å². The van der Waals surface area contributed by atoms with Gasteiger partial charge in [-0.15, -0.1) is 0 Å². The predicted octanol–water partition coefficient (Wildman–Crippen LogP) is 2.98. The first kappa shape index (κ1) is 27.2. The van der Waals surface area contributed by atoms with Crippen LogP contribution in [0.2, 0.25) is 0 Å². The minimum atomic E-state index is -3.52. The summed E-state index contributed by atoms with van der Waals surface area (Å²) in [7, 11) is -3.52. The molecule has 7 nitrogen and oxygen atoms in total. The largest absolute Gasteiger partial charge is 0.369 e. The van der Waals surface area contributed by atoms with Gasteiger partial charge in [-0.25, -0.2) is 8.42 Å². The van der Waals surface area contributed by atoms with Gasteiger partial charge in [0, 0.05) is 54.9 Å².